The van der Waals surface area contributed by atoms with E-state index in [1.54, 1.807) is 0 Å². The number of carbonyl (C=O) groups excluding carboxylic acids is 1. The summed E-state index contributed by atoms with van der Waals surface area (Å²) in [6.45, 7) is 5.57. The van der Waals surface area contributed by atoms with Crippen molar-refractivity contribution in [2.45, 2.75) is 69.5 Å². The van der Waals surface area contributed by atoms with Crippen molar-refractivity contribution in [3.05, 3.63) is 0 Å². The topological polar surface area (TPSA) is 44.4 Å². The highest BCUT2D eigenvalue weighted by atomic mass is 16.2. The van der Waals surface area contributed by atoms with E-state index >= 15 is 0 Å². The standard InChI is InChI=1S/C15H27N3O/c1-2-7-15(8-4-9-16-15)14(19)17-12-6-11-18-10-3-5-13(12)18/h12-13,16H,2-11H2,1H3,(H,17,19). The van der Waals surface area contributed by atoms with Gasteiger partial charge in [-0.2, -0.15) is 0 Å². The van der Waals surface area contributed by atoms with Gasteiger partial charge in [0.25, 0.3) is 0 Å². The van der Waals surface area contributed by atoms with Crippen molar-refractivity contribution in [3.8, 4) is 0 Å². The van der Waals surface area contributed by atoms with Crippen LogP contribution in [0.4, 0.5) is 0 Å². The fraction of sp³-hybridized carbons (Fsp3) is 0.933. The summed E-state index contributed by atoms with van der Waals surface area (Å²) in [5.41, 5.74) is -0.263. The van der Waals surface area contributed by atoms with E-state index in [1.165, 1.54) is 25.9 Å². The minimum Gasteiger partial charge on any atom is -0.350 e. The lowest BCUT2D eigenvalue weighted by Gasteiger charge is -2.31. The van der Waals surface area contributed by atoms with Crippen molar-refractivity contribution in [1.82, 2.24) is 15.5 Å². The Morgan fingerprint density at radius 2 is 2.26 bits per heavy atom. The Balaban J connectivity index is 1.63. The van der Waals surface area contributed by atoms with Crippen LogP contribution in [0.15, 0.2) is 0 Å². The van der Waals surface area contributed by atoms with Gasteiger partial charge < -0.3 is 10.6 Å². The van der Waals surface area contributed by atoms with Gasteiger partial charge in [0, 0.05) is 18.6 Å². The fourth-order valence-electron chi connectivity index (χ4n) is 4.31. The van der Waals surface area contributed by atoms with Gasteiger partial charge in [-0.25, -0.2) is 0 Å². The first-order chi connectivity index (χ1) is 9.25. The molecule has 3 heterocycles. The fourth-order valence-corrected chi connectivity index (χ4v) is 4.31. The highest BCUT2D eigenvalue weighted by molar-refractivity contribution is 5.87. The molecular formula is C15H27N3O. The van der Waals surface area contributed by atoms with E-state index in [4.69, 9.17) is 0 Å². The molecule has 3 saturated heterocycles. The van der Waals surface area contributed by atoms with E-state index in [0.717, 1.165) is 38.6 Å². The van der Waals surface area contributed by atoms with Gasteiger partial charge >= 0.3 is 0 Å². The Morgan fingerprint density at radius 3 is 3.00 bits per heavy atom. The molecule has 0 radical (unpaired) electrons. The smallest absolute Gasteiger partial charge is 0.240 e. The van der Waals surface area contributed by atoms with Gasteiger partial charge in [-0.15, -0.1) is 0 Å². The molecule has 4 nitrogen and oxygen atoms in total. The molecule has 3 aliphatic heterocycles. The van der Waals surface area contributed by atoms with Crippen LogP contribution in [-0.4, -0.2) is 48.1 Å². The van der Waals surface area contributed by atoms with Crippen molar-refractivity contribution in [2.75, 3.05) is 19.6 Å². The van der Waals surface area contributed by atoms with Gasteiger partial charge in [-0.3, -0.25) is 9.69 Å². The summed E-state index contributed by atoms with van der Waals surface area (Å²) in [4.78, 5) is 15.3. The zero-order valence-electron chi connectivity index (χ0n) is 12.1. The Kier molecular flexibility index (Phi) is 3.81. The summed E-state index contributed by atoms with van der Waals surface area (Å²) in [6.07, 6.45) is 7.88. The van der Waals surface area contributed by atoms with Gasteiger partial charge in [0.15, 0.2) is 0 Å². The molecule has 0 aromatic rings. The molecule has 3 atom stereocenters. The van der Waals surface area contributed by atoms with Crippen LogP contribution in [-0.2, 0) is 4.79 Å². The van der Waals surface area contributed by atoms with Crippen molar-refractivity contribution < 1.29 is 4.79 Å². The van der Waals surface area contributed by atoms with Crippen LogP contribution in [0.2, 0.25) is 0 Å². The maximum absolute atomic E-state index is 12.7. The SMILES string of the molecule is CCCC1(C(=O)NC2CCN3CCCC23)CCCN1. The van der Waals surface area contributed by atoms with Gasteiger partial charge in [-0.05, 0) is 51.6 Å². The first-order valence-corrected chi connectivity index (χ1v) is 8.05. The van der Waals surface area contributed by atoms with Crippen molar-refractivity contribution in [1.29, 1.82) is 0 Å². The van der Waals surface area contributed by atoms with E-state index in [9.17, 15) is 4.79 Å². The molecule has 2 N–H and O–H groups in total. The number of fused-ring (bicyclic) bond motifs is 1. The van der Waals surface area contributed by atoms with Crippen molar-refractivity contribution >= 4 is 5.91 Å². The van der Waals surface area contributed by atoms with Gasteiger partial charge in [0.1, 0.15) is 0 Å². The Morgan fingerprint density at radius 1 is 1.37 bits per heavy atom. The molecule has 0 spiro atoms. The number of amides is 1. The molecule has 1 amide bonds. The molecule has 4 heteroatoms. The quantitative estimate of drug-likeness (QED) is 0.804. The predicted molar refractivity (Wildman–Crippen MR) is 76.0 cm³/mol. The molecule has 0 aromatic heterocycles. The average Bonchev–Trinajstić information content (AvgIpc) is 3.07. The molecule has 0 saturated carbocycles. The number of nitrogens with zero attached hydrogens (tertiary/aromatic N) is 1. The molecule has 3 fully saturated rings. The maximum atomic E-state index is 12.7. The summed E-state index contributed by atoms with van der Waals surface area (Å²) in [5.74, 6) is 0.269. The van der Waals surface area contributed by atoms with Crippen LogP contribution in [0.25, 0.3) is 0 Å². The van der Waals surface area contributed by atoms with E-state index < -0.39 is 0 Å². The number of nitrogens with one attached hydrogen (secondary N) is 2. The van der Waals surface area contributed by atoms with E-state index in [2.05, 4.69) is 22.5 Å². The van der Waals surface area contributed by atoms with E-state index in [1.807, 2.05) is 0 Å². The first-order valence-electron chi connectivity index (χ1n) is 8.05. The summed E-state index contributed by atoms with van der Waals surface area (Å²) in [6, 6.07) is 1.01. The normalized spacial score (nSPS) is 38.6. The average molecular weight is 265 g/mol. The Labute approximate surface area is 116 Å². The van der Waals surface area contributed by atoms with Crippen LogP contribution in [0.3, 0.4) is 0 Å². The minimum absolute atomic E-state index is 0.263. The lowest BCUT2D eigenvalue weighted by molar-refractivity contribution is -0.128. The van der Waals surface area contributed by atoms with Crippen molar-refractivity contribution in [2.24, 2.45) is 0 Å². The second kappa shape index (κ2) is 5.41. The molecule has 0 bridgehead atoms. The number of rotatable bonds is 4. The van der Waals surface area contributed by atoms with Gasteiger partial charge in [-0.1, -0.05) is 13.3 Å². The highest BCUT2D eigenvalue weighted by Crippen LogP contribution is 2.30. The molecule has 0 aromatic carbocycles. The third-order valence-corrected chi connectivity index (χ3v) is 5.28. The lowest BCUT2D eigenvalue weighted by atomic mass is 9.90. The second-order valence-corrected chi connectivity index (χ2v) is 6.48. The molecule has 3 unspecified atom stereocenters. The number of hydrogen-bond acceptors (Lipinski definition) is 3. The molecular weight excluding hydrogens is 238 g/mol. The number of hydrogen-bond donors (Lipinski definition) is 2. The number of carbonyl (C=O) groups is 1. The zero-order valence-corrected chi connectivity index (χ0v) is 12.1. The van der Waals surface area contributed by atoms with Crippen LogP contribution >= 0.6 is 0 Å². The lowest BCUT2D eigenvalue weighted by Crippen LogP contribution is -2.57. The highest BCUT2D eigenvalue weighted by Gasteiger charge is 2.44. The summed E-state index contributed by atoms with van der Waals surface area (Å²) in [5, 5.41) is 6.85. The Bertz CT molecular complexity index is 338. The van der Waals surface area contributed by atoms with Crippen LogP contribution in [0.5, 0.6) is 0 Å². The molecule has 0 aliphatic carbocycles. The van der Waals surface area contributed by atoms with Gasteiger partial charge in [0.05, 0.1) is 5.54 Å². The molecule has 3 aliphatic rings. The van der Waals surface area contributed by atoms with Crippen LogP contribution < -0.4 is 10.6 Å². The largest absolute Gasteiger partial charge is 0.350 e. The summed E-state index contributed by atoms with van der Waals surface area (Å²) in [7, 11) is 0. The Hall–Kier alpha value is -0.610. The third kappa shape index (κ3) is 2.40. The first kappa shape index (κ1) is 13.4. The van der Waals surface area contributed by atoms with Crippen LogP contribution in [0, 0.1) is 0 Å². The monoisotopic (exact) mass is 265 g/mol. The van der Waals surface area contributed by atoms with E-state index in [0.29, 0.717) is 12.1 Å². The third-order valence-electron chi connectivity index (χ3n) is 5.28. The molecule has 3 rings (SSSR count). The van der Waals surface area contributed by atoms with Crippen LogP contribution in [0.1, 0.15) is 51.9 Å². The molecule has 19 heavy (non-hydrogen) atoms. The summed E-state index contributed by atoms with van der Waals surface area (Å²) >= 11 is 0. The second-order valence-electron chi connectivity index (χ2n) is 6.48. The van der Waals surface area contributed by atoms with Gasteiger partial charge in [0.2, 0.25) is 5.91 Å². The zero-order chi connectivity index (χ0) is 13.3. The summed E-state index contributed by atoms with van der Waals surface area (Å²) < 4.78 is 0. The molecule has 108 valence electrons. The van der Waals surface area contributed by atoms with Crippen molar-refractivity contribution in [3.63, 3.8) is 0 Å². The minimum atomic E-state index is -0.263. The van der Waals surface area contributed by atoms with E-state index in [-0.39, 0.29) is 11.4 Å². The predicted octanol–water partition coefficient (Wildman–Crippen LogP) is 1.26. The maximum Gasteiger partial charge on any atom is 0.240 e.